The molecule has 0 bridgehead atoms. The van der Waals surface area contributed by atoms with Crippen molar-refractivity contribution in [3.8, 4) is 0 Å². The summed E-state index contributed by atoms with van der Waals surface area (Å²) in [6.45, 7) is 10.4. The highest BCUT2D eigenvalue weighted by Gasteiger charge is 2.20. The molecule has 0 saturated carbocycles. The summed E-state index contributed by atoms with van der Waals surface area (Å²) in [6, 6.07) is 9.38. The number of hydrogen-bond donors (Lipinski definition) is 3. The van der Waals surface area contributed by atoms with Gasteiger partial charge in [0.05, 0.1) is 0 Å². The van der Waals surface area contributed by atoms with E-state index in [0.29, 0.717) is 5.95 Å². The summed E-state index contributed by atoms with van der Waals surface area (Å²) >= 11 is 0. The molecule has 0 atom stereocenters. The first-order chi connectivity index (χ1) is 11.3. The predicted octanol–water partition coefficient (Wildman–Crippen LogP) is 3.95. The van der Waals surface area contributed by atoms with Crippen LogP contribution >= 0.6 is 0 Å². The molecule has 6 heteroatoms. The van der Waals surface area contributed by atoms with Crippen molar-refractivity contribution in [3.63, 3.8) is 0 Å². The van der Waals surface area contributed by atoms with Crippen LogP contribution in [0.4, 0.5) is 23.1 Å². The number of aryl methyl sites for hydroxylation is 1. The molecule has 0 fully saturated rings. The molecule has 2 rings (SSSR count). The first-order valence-electron chi connectivity index (χ1n) is 8.06. The zero-order valence-corrected chi connectivity index (χ0v) is 14.9. The van der Waals surface area contributed by atoms with E-state index < -0.39 is 5.41 Å². The van der Waals surface area contributed by atoms with E-state index in [4.69, 9.17) is 0 Å². The topological polar surface area (TPSA) is 78.9 Å². The molecular weight excluding hydrogens is 302 g/mol. The molecule has 0 aliphatic carbocycles. The van der Waals surface area contributed by atoms with E-state index in [1.54, 1.807) is 0 Å². The fraction of sp³-hybridized carbons (Fsp3) is 0.389. The number of anilines is 4. The average molecular weight is 327 g/mol. The van der Waals surface area contributed by atoms with Crippen molar-refractivity contribution in [1.82, 2.24) is 9.97 Å². The largest absolute Gasteiger partial charge is 0.370 e. The van der Waals surface area contributed by atoms with E-state index in [9.17, 15) is 4.79 Å². The number of rotatable bonds is 5. The first kappa shape index (κ1) is 17.7. The lowest BCUT2D eigenvalue weighted by atomic mass is 9.95. The van der Waals surface area contributed by atoms with Gasteiger partial charge in [0.15, 0.2) is 0 Å². The third-order valence-corrected chi connectivity index (χ3v) is 3.29. The van der Waals surface area contributed by atoms with Gasteiger partial charge in [-0.1, -0.05) is 20.8 Å². The van der Waals surface area contributed by atoms with Crippen LogP contribution in [0.3, 0.4) is 0 Å². The van der Waals surface area contributed by atoms with Crippen LogP contribution in [0, 0.1) is 12.3 Å². The van der Waals surface area contributed by atoms with E-state index >= 15 is 0 Å². The van der Waals surface area contributed by atoms with Crippen LogP contribution in [0.25, 0.3) is 0 Å². The van der Waals surface area contributed by atoms with Crippen LogP contribution in [0.1, 0.15) is 33.4 Å². The van der Waals surface area contributed by atoms with Crippen LogP contribution in [-0.2, 0) is 4.79 Å². The standard InChI is InChI=1S/C18H25N5O/c1-6-19-15-11-12(2)20-17(23-15)22-14-9-7-13(8-10-14)21-16(24)18(3,4)5/h7-11H,6H2,1-5H3,(H,21,24)(H2,19,20,22,23). The lowest BCUT2D eigenvalue weighted by Crippen LogP contribution is -2.27. The van der Waals surface area contributed by atoms with Gasteiger partial charge in [-0.2, -0.15) is 4.98 Å². The second-order valence-corrected chi connectivity index (χ2v) is 6.65. The Hall–Kier alpha value is -2.63. The van der Waals surface area contributed by atoms with Gasteiger partial charge in [0.2, 0.25) is 11.9 Å². The lowest BCUT2D eigenvalue weighted by molar-refractivity contribution is -0.123. The van der Waals surface area contributed by atoms with Crippen molar-refractivity contribution in [2.24, 2.45) is 5.41 Å². The Labute approximate surface area is 143 Å². The summed E-state index contributed by atoms with van der Waals surface area (Å²) in [5, 5.41) is 9.26. The minimum atomic E-state index is -0.422. The molecule has 0 aliphatic heterocycles. The number of amides is 1. The first-order valence-corrected chi connectivity index (χ1v) is 8.06. The van der Waals surface area contributed by atoms with Crippen molar-refractivity contribution in [2.75, 3.05) is 22.5 Å². The third-order valence-electron chi connectivity index (χ3n) is 3.29. The van der Waals surface area contributed by atoms with Gasteiger partial charge in [0.25, 0.3) is 0 Å². The molecule has 3 N–H and O–H groups in total. The SMILES string of the molecule is CCNc1cc(C)nc(Nc2ccc(NC(=O)C(C)(C)C)cc2)n1. The Morgan fingerprint density at radius 2 is 1.71 bits per heavy atom. The van der Waals surface area contributed by atoms with Gasteiger partial charge in [-0.05, 0) is 38.1 Å². The molecule has 6 nitrogen and oxygen atoms in total. The number of aromatic nitrogens is 2. The van der Waals surface area contributed by atoms with E-state index in [-0.39, 0.29) is 5.91 Å². The molecule has 0 radical (unpaired) electrons. The minimum Gasteiger partial charge on any atom is -0.370 e. The van der Waals surface area contributed by atoms with Crippen LogP contribution in [0.5, 0.6) is 0 Å². The monoisotopic (exact) mass is 327 g/mol. The van der Waals surface area contributed by atoms with Gasteiger partial charge in [-0.25, -0.2) is 4.98 Å². The van der Waals surface area contributed by atoms with E-state index in [1.807, 2.05) is 65.0 Å². The normalized spacial score (nSPS) is 11.0. The van der Waals surface area contributed by atoms with Gasteiger partial charge in [0.1, 0.15) is 5.82 Å². The molecule has 0 unspecified atom stereocenters. The second kappa shape index (κ2) is 7.29. The summed E-state index contributed by atoms with van der Waals surface area (Å²) < 4.78 is 0. The lowest BCUT2D eigenvalue weighted by Gasteiger charge is -2.17. The molecule has 2 aromatic rings. The summed E-state index contributed by atoms with van der Waals surface area (Å²) in [7, 11) is 0. The van der Waals surface area contributed by atoms with Gasteiger partial charge in [-0.15, -0.1) is 0 Å². The van der Waals surface area contributed by atoms with Crippen molar-refractivity contribution < 1.29 is 4.79 Å². The zero-order chi connectivity index (χ0) is 17.7. The summed E-state index contributed by atoms with van der Waals surface area (Å²) in [5.41, 5.74) is 2.09. The van der Waals surface area contributed by atoms with E-state index in [2.05, 4.69) is 25.9 Å². The molecule has 1 aromatic heterocycles. The molecule has 1 aromatic carbocycles. The Kier molecular flexibility index (Phi) is 5.39. The van der Waals surface area contributed by atoms with E-state index in [0.717, 1.165) is 29.4 Å². The van der Waals surface area contributed by atoms with Gasteiger partial charge < -0.3 is 16.0 Å². The number of benzene rings is 1. The number of nitrogens with zero attached hydrogens (tertiary/aromatic N) is 2. The van der Waals surface area contributed by atoms with E-state index in [1.165, 1.54) is 0 Å². The Morgan fingerprint density at radius 3 is 2.29 bits per heavy atom. The molecule has 0 spiro atoms. The van der Waals surface area contributed by atoms with Gasteiger partial charge in [0, 0.05) is 35.1 Å². The quantitative estimate of drug-likeness (QED) is 0.775. The van der Waals surface area contributed by atoms with Crippen molar-refractivity contribution >= 4 is 29.0 Å². The highest BCUT2D eigenvalue weighted by Crippen LogP contribution is 2.21. The Morgan fingerprint density at radius 1 is 1.08 bits per heavy atom. The molecule has 0 aliphatic rings. The number of carbonyl (C=O) groups is 1. The Bertz CT molecular complexity index is 704. The highest BCUT2D eigenvalue weighted by atomic mass is 16.2. The summed E-state index contributed by atoms with van der Waals surface area (Å²) in [6.07, 6.45) is 0. The number of carbonyl (C=O) groups excluding carboxylic acids is 1. The molecule has 128 valence electrons. The van der Waals surface area contributed by atoms with Gasteiger partial charge in [-0.3, -0.25) is 4.79 Å². The summed E-state index contributed by atoms with van der Waals surface area (Å²) in [5.74, 6) is 1.32. The average Bonchev–Trinajstić information content (AvgIpc) is 2.48. The molecule has 0 saturated heterocycles. The van der Waals surface area contributed by atoms with Crippen LogP contribution < -0.4 is 16.0 Å². The predicted molar refractivity (Wildman–Crippen MR) is 98.7 cm³/mol. The number of nitrogens with one attached hydrogen (secondary N) is 3. The van der Waals surface area contributed by atoms with Crippen LogP contribution in [0.2, 0.25) is 0 Å². The maximum absolute atomic E-state index is 12.0. The minimum absolute atomic E-state index is 0.0134. The maximum Gasteiger partial charge on any atom is 0.229 e. The smallest absolute Gasteiger partial charge is 0.229 e. The second-order valence-electron chi connectivity index (χ2n) is 6.65. The fourth-order valence-corrected chi connectivity index (χ4v) is 1.98. The van der Waals surface area contributed by atoms with Crippen molar-refractivity contribution in [2.45, 2.75) is 34.6 Å². The molecule has 1 amide bonds. The van der Waals surface area contributed by atoms with Gasteiger partial charge >= 0.3 is 0 Å². The number of hydrogen-bond acceptors (Lipinski definition) is 5. The molecular formula is C18H25N5O. The molecule has 24 heavy (non-hydrogen) atoms. The maximum atomic E-state index is 12.0. The van der Waals surface area contributed by atoms with Crippen LogP contribution in [0.15, 0.2) is 30.3 Å². The van der Waals surface area contributed by atoms with Crippen LogP contribution in [-0.4, -0.2) is 22.4 Å². The fourth-order valence-electron chi connectivity index (χ4n) is 1.98. The summed E-state index contributed by atoms with van der Waals surface area (Å²) in [4.78, 5) is 20.8. The Balaban J connectivity index is 2.08. The van der Waals surface area contributed by atoms with Crippen molar-refractivity contribution in [1.29, 1.82) is 0 Å². The zero-order valence-electron chi connectivity index (χ0n) is 14.9. The van der Waals surface area contributed by atoms with Crippen molar-refractivity contribution in [3.05, 3.63) is 36.0 Å². The highest BCUT2D eigenvalue weighted by molar-refractivity contribution is 5.94. The third kappa shape index (κ3) is 4.94. The molecule has 1 heterocycles.